The number of nitrogens with one attached hydrogen (secondary N) is 3. The van der Waals surface area contributed by atoms with Crippen LogP contribution < -0.4 is 20.7 Å². The predicted octanol–water partition coefficient (Wildman–Crippen LogP) is 9.61. The quantitative estimate of drug-likeness (QED) is 0.123. The first-order valence-electron chi connectivity index (χ1n) is 15.7. The van der Waals surface area contributed by atoms with Gasteiger partial charge in [-0.05, 0) is 55.8 Å². The summed E-state index contributed by atoms with van der Waals surface area (Å²) in [5, 5.41) is 25.1. The molecule has 0 spiro atoms. The molecular weight excluding hydrogens is 607 g/mol. The molecule has 10 heteroatoms. The zero-order chi connectivity index (χ0) is 34.0. The molecule has 6 aromatic rings. The molecule has 2 aromatic heterocycles. The molecule has 0 aliphatic carbocycles. The number of amides is 2. The van der Waals surface area contributed by atoms with E-state index in [2.05, 4.69) is 41.7 Å². The third kappa shape index (κ3) is 6.78. The van der Waals surface area contributed by atoms with Crippen LogP contribution >= 0.6 is 0 Å². The van der Waals surface area contributed by atoms with Crippen LogP contribution in [0.1, 0.15) is 44.5 Å². The molecular formula is C38H37FN6O3. The van der Waals surface area contributed by atoms with E-state index in [1.54, 1.807) is 29.1 Å². The molecule has 4 aromatic carbocycles. The van der Waals surface area contributed by atoms with Gasteiger partial charge in [0.05, 0.1) is 17.1 Å². The van der Waals surface area contributed by atoms with Crippen LogP contribution in [0.3, 0.4) is 0 Å². The maximum atomic E-state index is 14.0. The van der Waals surface area contributed by atoms with Crippen LogP contribution in [0, 0.1) is 12.7 Å². The van der Waals surface area contributed by atoms with Crippen molar-refractivity contribution in [3.05, 3.63) is 120 Å². The Morgan fingerprint density at radius 3 is 2.38 bits per heavy atom. The number of halogens is 1. The summed E-state index contributed by atoms with van der Waals surface area (Å²) in [6.07, 6.45) is 2.20. The van der Waals surface area contributed by atoms with Crippen LogP contribution in [-0.2, 0) is 11.8 Å². The summed E-state index contributed by atoms with van der Waals surface area (Å²) >= 11 is 0. The summed E-state index contributed by atoms with van der Waals surface area (Å²) in [4.78, 5) is 17.9. The Morgan fingerprint density at radius 2 is 1.67 bits per heavy atom. The number of nitrogens with zero attached hydrogens (tertiary/aromatic N) is 3. The number of hydrogen-bond acceptors (Lipinski definition) is 6. The fraction of sp³-hybridized carbons (Fsp3) is 0.184. The first kappa shape index (κ1) is 32.1. The normalized spacial score (nSPS) is 11.4. The second-order valence-corrected chi connectivity index (χ2v) is 12.5. The van der Waals surface area contributed by atoms with Crippen molar-refractivity contribution in [2.45, 2.75) is 46.5 Å². The minimum atomic E-state index is -0.731. The smallest absolute Gasteiger partial charge is 0.324 e. The van der Waals surface area contributed by atoms with Crippen molar-refractivity contribution in [3.63, 3.8) is 0 Å². The number of pyridine rings is 1. The van der Waals surface area contributed by atoms with Gasteiger partial charge in [0.25, 0.3) is 0 Å². The van der Waals surface area contributed by atoms with Crippen molar-refractivity contribution in [1.29, 1.82) is 0 Å². The molecule has 244 valence electrons. The fourth-order valence-corrected chi connectivity index (χ4v) is 5.32. The lowest BCUT2D eigenvalue weighted by Gasteiger charge is -2.17. The number of carbonyl (C=O) groups is 1. The Bertz CT molecular complexity index is 2120. The third-order valence-electron chi connectivity index (χ3n) is 7.93. The summed E-state index contributed by atoms with van der Waals surface area (Å²) in [6, 6.07) is 26.6. The number of rotatable bonds is 8. The maximum Gasteiger partial charge on any atom is 0.324 e. The van der Waals surface area contributed by atoms with E-state index in [9.17, 15) is 14.3 Å². The van der Waals surface area contributed by atoms with Crippen LogP contribution in [0.4, 0.5) is 32.2 Å². The molecule has 0 unspecified atom stereocenters. The number of urea groups is 1. The molecule has 2 heterocycles. The van der Waals surface area contributed by atoms with Crippen LogP contribution in [0.5, 0.6) is 17.2 Å². The lowest BCUT2D eigenvalue weighted by molar-refractivity contribution is 0.262. The van der Waals surface area contributed by atoms with Gasteiger partial charge in [0, 0.05) is 45.8 Å². The number of phenolic OH excluding ortho intramolecular Hbond substituents is 1. The number of ether oxygens (including phenoxy) is 1. The molecule has 0 bridgehead atoms. The number of phenols is 1. The Kier molecular flexibility index (Phi) is 8.73. The van der Waals surface area contributed by atoms with Gasteiger partial charge in [0.2, 0.25) is 0 Å². The first-order valence-corrected chi connectivity index (χ1v) is 15.7. The highest BCUT2D eigenvalue weighted by molar-refractivity contribution is 6.07. The van der Waals surface area contributed by atoms with E-state index < -0.39 is 17.6 Å². The van der Waals surface area contributed by atoms with Crippen molar-refractivity contribution in [3.8, 4) is 22.9 Å². The predicted molar refractivity (Wildman–Crippen MR) is 189 cm³/mol. The van der Waals surface area contributed by atoms with Gasteiger partial charge in [-0.15, -0.1) is 0 Å². The molecule has 48 heavy (non-hydrogen) atoms. The second kappa shape index (κ2) is 13.1. The maximum absolute atomic E-state index is 14.0. The van der Waals surface area contributed by atoms with E-state index >= 15 is 0 Å². The van der Waals surface area contributed by atoms with Gasteiger partial charge in [-0.25, -0.2) is 18.9 Å². The highest BCUT2D eigenvalue weighted by atomic mass is 19.1. The number of carbonyl (C=O) groups excluding carboxylic acids is 1. The Morgan fingerprint density at radius 1 is 0.917 bits per heavy atom. The summed E-state index contributed by atoms with van der Waals surface area (Å²) in [7, 11) is 0. The van der Waals surface area contributed by atoms with Gasteiger partial charge in [-0.1, -0.05) is 69.7 Å². The summed E-state index contributed by atoms with van der Waals surface area (Å²) in [6.45, 7) is 10.2. The number of aromatic nitrogens is 3. The average molecular weight is 645 g/mol. The van der Waals surface area contributed by atoms with Crippen LogP contribution in [0.2, 0.25) is 0 Å². The van der Waals surface area contributed by atoms with Crippen molar-refractivity contribution in [1.82, 2.24) is 14.8 Å². The highest BCUT2D eigenvalue weighted by Crippen LogP contribution is 2.38. The largest absolute Gasteiger partial charge is 0.505 e. The summed E-state index contributed by atoms with van der Waals surface area (Å²) in [5.74, 6) is 1.08. The Balaban J connectivity index is 1.26. The Hall–Kier alpha value is -5.90. The number of aromatic hydroxyl groups is 1. The van der Waals surface area contributed by atoms with E-state index in [0.29, 0.717) is 40.9 Å². The molecule has 4 N–H and O–H groups in total. The van der Waals surface area contributed by atoms with Crippen LogP contribution in [0.15, 0.2) is 97.2 Å². The van der Waals surface area contributed by atoms with Gasteiger partial charge in [-0.2, -0.15) is 5.10 Å². The molecule has 0 fully saturated rings. The van der Waals surface area contributed by atoms with Gasteiger partial charge in [-0.3, -0.25) is 5.32 Å². The highest BCUT2D eigenvalue weighted by Gasteiger charge is 2.22. The van der Waals surface area contributed by atoms with E-state index in [0.717, 1.165) is 33.3 Å². The lowest BCUT2D eigenvalue weighted by Crippen LogP contribution is -2.21. The van der Waals surface area contributed by atoms with Crippen molar-refractivity contribution >= 4 is 39.8 Å². The number of aryl methyl sites for hydroxylation is 1. The van der Waals surface area contributed by atoms with E-state index in [4.69, 9.17) is 9.84 Å². The zero-order valence-electron chi connectivity index (χ0n) is 27.4. The van der Waals surface area contributed by atoms with Gasteiger partial charge < -0.3 is 20.5 Å². The number of anilines is 4. The monoisotopic (exact) mass is 644 g/mol. The third-order valence-corrected chi connectivity index (χ3v) is 7.93. The van der Waals surface area contributed by atoms with E-state index in [-0.39, 0.29) is 5.41 Å². The van der Waals surface area contributed by atoms with Crippen LogP contribution in [0.25, 0.3) is 16.5 Å². The fourth-order valence-electron chi connectivity index (χ4n) is 5.32. The van der Waals surface area contributed by atoms with Crippen LogP contribution in [-0.4, -0.2) is 25.9 Å². The standard InChI is InChI=1S/C38H37FN6O3/c1-6-26-33(19-20-40-36(26)41-24-13-17-31(46)29(39)21-24)48-32-18-16-30(27-9-7-8-10-28(27)32)42-37(47)43-35-22-34(38(3,4)5)44-45(35)25-14-11-23(2)12-15-25/h7-22,46H,6H2,1-5H3,(H,40,41)(H2,42,43,47). The molecule has 0 radical (unpaired) electrons. The van der Waals surface area contributed by atoms with Crippen molar-refractivity contribution < 1.29 is 19.0 Å². The number of hydrogen-bond donors (Lipinski definition) is 4. The molecule has 0 aliphatic rings. The molecule has 0 aliphatic heterocycles. The molecule has 0 atom stereocenters. The minimum absolute atomic E-state index is 0.221. The lowest BCUT2D eigenvalue weighted by atomic mass is 9.92. The molecule has 0 saturated heterocycles. The molecule has 9 nitrogen and oxygen atoms in total. The number of benzene rings is 4. The van der Waals surface area contributed by atoms with Gasteiger partial charge in [0.15, 0.2) is 11.6 Å². The molecule has 0 saturated carbocycles. The second-order valence-electron chi connectivity index (χ2n) is 12.5. The SMILES string of the molecule is CCc1c(Oc2ccc(NC(=O)Nc3cc(C(C)(C)C)nn3-c3ccc(C)cc3)c3ccccc23)ccnc1Nc1ccc(O)c(F)c1. The molecule has 2 amide bonds. The average Bonchev–Trinajstić information content (AvgIpc) is 3.49. The topological polar surface area (TPSA) is 113 Å². The first-order chi connectivity index (χ1) is 23.0. The summed E-state index contributed by atoms with van der Waals surface area (Å²) in [5.41, 5.74) is 4.44. The van der Waals surface area contributed by atoms with Crippen molar-refractivity contribution in [2.24, 2.45) is 0 Å². The zero-order valence-corrected chi connectivity index (χ0v) is 27.4. The van der Waals surface area contributed by atoms with Gasteiger partial charge >= 0.3 is 6.03 Å². The number of fused-ring (bicyclic) bond motifs is 1. The van der Waals surface area contributed by atoms with Gasteiger partial charge in [0.1, 0.15) is 23.1 Å². The Labute approximate surface area is 278 Å². The van der Waals surface area contributed by atoms with E-state index in [1.165, 1.54) is 12.1 Å². The van der Waals surface area contributed by atoms with E-state index in [1.807, 2.05) is 74.5 Å². The summed E-state index contributed by atoms with van der Waals surface area (Å²) < 4.78 is 22.2. The van der Waals surface area contributed by atoms with Crippen molar-refractivity contribution in [2.75, 3.05) is 16.0 Å². The minimum Gasteiger partial charge on any atom is -0.505 e. The molecule has 6 rings (SSSR count).